The normalized spacial score (nSPS) is 11.3. The van der Waals surface area contributed by atoms with Gasteiger partial charge in [0.15, 0.2) is 0 Å². The summed E-state index contributed by atoms with van der Waals surface area (Å²) in [5, 5.41) is 9.89. The fraction of sp³-hybridized carbons (Fsp3) is 0.571. The number of esters is 1. The van der Waals surface area contributed by atoms with Crippen LogP contribution in [0.2, 0.25) is 0 Å². The Morgan fingerprint density at radius 2 is 1.92 bits per heavy atom. The molecular formula is C21H30O4. The number of carbonyl (C=O) groups excluding carboxylic acids is 1. The van der Waals surface area contributed by atoms with Crippen molar-refractivity contribution in [1.29, 1.82) is 0 Å². The molecule has 25 heavy (non-hydrogen) atoms. The van der Waals surface area contributed by atoms with Gasteiger partial charge in [-0.1, -0.05) is 31.9 Å². The first-order valence-electron chi connectivity index (χ1n) is 9.08. The Hall–Kier alpha value is -1.99. The smallest absolute Gasteiger partial charge is 0.305 e. The van der Waals surface area contributed by atoms with Crippen molar-refractivity contribution < 1.29 is 19.4 Å². The maximum absolute atomic E-state index is 10.9. The van der Waals surface area contributed by atoms with Gasteiger partial charge in [-0.15, -0.1) is 11.8 Å². The van der Waals surface area contributed by atoms with Gasteiger partial charge >= 0.3 is 5.97 Å². The van der Waals surface area contributed by atoms with Crippen molar-refractivity contribution in [2.24, 2.45) is 0 Å². The van der Waals surface area contributed by atoms with Crippen molar-refractivity contribution in [2.75, 3.05) is 13.7 Å². The van der Waals surface area contributed by atoms with Crippen LogP contribution in [0.1, 0.15) is 57.4 Å². The molecule has 0 aliphatic carbocycles. The van der Waals surface area contributed by atoms with Crippen LogP contribution in [0.5, 0.6) is 5.75 Å². The van der Waals surface area contributed by atoms with Crippen molar-refractivity contribution in [3.8, 4) is 17.6 Å². The Kier molecular flexibility index (Phi) is 11.2. The summed E-state index contributed by atoms with van der Waals surface area (Å²) in [5.74, 6) is 6.42. The number of rotatable bonds is 11. The summed E-state index contributed by atoms with van der Waals surface area (Å²) in [4.78, 5) is 10.9. The zero-order valence-corrected chi connectivity index (χ0v) is 15.4. The average Bonchev–Trinajstić information content (AvgIpc) is 2.63. The molecule has 138 valence electrons. The van der Waals surface area contributed by atoms with E-state index < -0.39 is 6.10 Å². The van der Waals surface area contributed by atoms with E-state index in [1.54, 1.807) is 0 Å². The minimum Gasteiger partial charge on any atom is -0.491 e. The van der Waals surface area contributed by atoms with Crippen LogP contribution < -0.4 is 4.74 Å². The molecule has 1 atom stereocenters. The largest absolute Gasteiger partial charge is 0.491 e. The number of methoxy groups -OCH3 is 1. The maximum Gasteiger partial charge on any atom is 0.305 e. The van der Waals surface area contributed by atoms with Crippen molar-refractivity contribution in [3.63, 3.8) is 0 Å². The van der Waals surface area contributed by atoms with Crippen LogP contribution in [0, 0.1) is 11.8 Å². The van der Waals surface area contributed by atoms with Crippen LogP contribution in [0.3, 0.4) is 0 Å². The van der Waals surface area contributed by atoms with Crippen LogP contribution in [-0.2, 0) is 16.0 Å². The second-order valence-corrected chi connectivity index (χ2v) is 6.05. The molecule has 0 aromatic heterocycles. The molecule has 0 aliphatic heterocycles. The molecule has 1 aromatic rings. The summed E-state index contributed by atoms with van der Waals surface area (Å²) in [6.07, 6.45) is 6.24. The molecule has 0 heterocycles. The number of ether oxygens (including phenoxy) is 2. The highest BCUT2D eigenvalue weighted by molar-refractivity contribution is 5.69. The molecule has 0 bridgehead atoms. The average molecular weight is 346 g/mol. The number of unbranched alkanes of at least 4 members (excludes halogenated alkanes) is 3. The van der Waals surface area contributed by atoms with Gasteiger partial charge in [-0.3, -0.25) is 4.79 Å². The summed E-state index contributed by atoms with van der Waals surface area (Å²) in [5.41, 5.74) is 1.32. The lowest BCUT2D eigenvalue weighted by atomic mass is 10.1. The highest BCUT2D eigenvalue weighted by atomic mass is 16.5. The molecule has 1 N–H and O–H groups in total. The zero-order valence-electron chi connectivity index (χ0n) is 15.4. The van der Waals surface area contributed by atoms with Crippen molar-refractivity contribution in [3.05, 3.63) is 29.8 Å². The number of benzene rings is 1. The zero-order chi connectivity index (χ0) is 18.3. The molecule has 0 saturated carbocycles. The summed E-state index contributed by atoms with van der Waals surface area (Å²) in [6, 6.07) is 8.07. The standard InChI is InChI=1S/C21H30O4/c1-3-4-7-10-18-13-15-20(16-14-18)25-17-19(22)11-8-5-6-9-12-21(23)24-2/h13-16,19,22H,3-4,6-7,9-12,17H2,1-2H3. The van der Waals surface area contributed by atoms with E-state index in [-0.39, 0.29) is 12.6 Å². The lowest BCUT2D eigenvalue weighted by Crippen LogP contribution is -2.16. The van der Waals surface area contributed by atoms with Gasteiger partial charge in [0, 0.05) is 19.3 Å². The van der Waals surface area contributed by atoms with Crippen molar-refractivity contribution in [2.45, 2.75) is 64.4 Å². The van der Waals surface area contributed by atoms with E-state index in [2.05, 4.69) is 35.6 Å². The quantitative estimate of drug-likeness (QED) is 0.375. The van der Waals surface area contributed by atoms with Crippen LogP contribution in [0.25, 0.3) is 0 Å². The van der Waals surface area contributed by atoms with Gasteiger partial charge < -0.3 is 14.6 Å². The second kappa shape index (κ2) is 13.3. The van der Waals surface area contributed by atoms with E-state index in [0.29, 0.717) is 25.7 Å². The Labute approximate surface area is 151 Å². The van der Waals surface area contributed by atoms with Crippen LogP contribution in [0.15, 0.2) is 24.3 Å². The molecule has 0 spiro atoms. The molecule has 0 amide bonds. The Morgan fingerprint density at radius 3 is 2.60 bits per heavy atom. The lowest BCUT2D eigenvalue weighted by Gasteiger charge is -2.10. The van der Waals surface area contributed by atoms with Crippen molar-refractivity contribution in [1.82, 2.24) is 0 Å². The van der Waals surface area contributed by atoms with Crippen LogP contribution >= 0.6 is 0 Å². The van der Waals surface area contributed by atoms with E-state index in [4.69, 9.17) is 4.74 Å². The Balaban J connectivity index is 2.19. The molecular weight excluding hydrogens is 316 g/mol. The first kappa shape index (κ1) is 21.1. The predicted molar refractivity (Wildman–Crippen MR) is 99.4 cm³/mol. The molecule has 4 heteroatoms. The number of aryl methyl sites for hydroxylation is 1. The number of carbonyl (C=O) groups is 1. The summed E-state index contributed by atoms with van der Waals surface area (Å²) in [7, 11) is 1.38. The predicted octanol–water partition coefficient (Wildman–Crippen LogP) is 3.90. The number of hydrogen-bond donors (Lipinski definition) is 1. The molecule has 0 radical (unpaired) electrons. The Morgan fingerprint density at radius 1 is 1.16 bits per heavy atom. The molecule has 1 aromatic carbocycles. The van der Waals surface area contributed by atoms with E-state index in [9.17, 15) is 9.90 Å². The summed E-state index contributed by atoms with van der Waals surface area (Å²) >= 11 is 0. The molecule has 0 fully saturated rings. The van der Waals surface area contributed by atoms with E-state index in [1.165, 1.54) is 31.9 Å². The van der Waals surface area contributed by atoms with Crippen molar-refractivity contribution >= 4 is 5.97 Å². The van der Waals surface area contributed by atoms with Gasteiger partial charge in [0.1, 0.15) is 12.4 Å². The monoisotopic (exact) mass is 346 g/mol. The fourth-order valence-corrected chi connectivity index (χ4v) is 2.28. The highest BCUT2D eigenvalue weighted by Crippen LogP contribution is 2.14. The van der Waals surface area contributed by atoms with Crippen LogP contribution in [-0.4, -0.2) is 30.9 Å². The first-order valence-corrected chi connectivity index (χ1v) is 9.08. The number of aliphatic hydroxyl groups is 1. The van der Waals surface area contributed by atoms with Gasteiger partial charge in [0.2, 0.25) is 0 Å². The van der Waals surface area contributed by atoms with Gasteiger partial charge in [0.25, 0.3) is 0 Å². The van der Waals surface area contributed by atoms with Crippen LogP contribution in [0.4, 0.5) is 0 Å². The minimum atomic E-state index is -0.614. The molecule has 4 nitrogen and oxygen atoms in total. The third-order valence-electron chi connectivity index (χ3n) is 3.81. The number of aliphatic hydroxyl groups excluding tert-OH is 1. The topological polar surface area (TPSA) is 55.8 Å². The molecule has 1 rings (SSSR count). The third kappa shape index (κ3) is 10.5. The van der Waals surface area contributed by atoms with E-state index in [0.717, 1.165) is 12.2 Å². The number of hydrogen-bond acceptors (Lipinski definition) is 4. The first-order chi connectivity index (χ1) is 12.2. The third-order valence-corrected chi connectivity index (χ3v) is 3.81. The van der Waals surface area contributed by atoms with Gasteiger partial charge in [-0.25, -0.2) is 0 Å². The summed E-state index contributed by atoms with van der Waals surface area (Å²) in [6.45, 7) is 2.43. The van der Waals surface area contributed by atoms with Gasteiger partial charge in [0.05, 0.1) is 13.2 Å². The SMILES string of the molecule is CCCCCc1ccc(OCC(O)CC#CCCCC(=O)OC)cc1. The summed E-state index contributed by atoms with van der Waals surface area (Å²) < 4.78 is 10.2. The molecule has 1 unspecified atom stereocenters. The highest BCUT2D eigenvalue weighted by Gasteiger charge is 2.04. The second-order valence-electron chi connectivity index (χ2n) is 6.05. The molecule has 0 aliphatic rings. The van der Waals surface area contributed by atoms with E-state index >= 15 is 0 Å². The minimum absolute atomic E-state index is 0.216. The maximum atomic E-state index is 10.9. The lowest BCUT2D eigenvalue weighted by molar-refractivity contribution is -0.140. The Bertz CT molecular complexity index is 539. The van der Waals surface area contributed by atoms with Gasteiger partial charge in [-0.05, 0) is 37.0 Å². The van der Waals surface area contributed by atoms with Gasteiger partial charge in [-0.2, -0.15) is 0 Å². The fourth-order valence-electron chi connectivity index (χ4n) is 2.28. The van der Waals surface area contributed by atoms with E-state index in [1.807, 2.05) is 12.1 Å². The molecule has 0 saturated heterocycles.